The standard InChI is InChI=1S/C11H9N3O2S/c15-11(16-8-4-2-1-3-5-8)14-10-12-7-6-9(17)13-10/h1-7H,(H2,12,13,14,15,17). The molecule has 1 aromatic heterocycles. The second-order valence-electron chi connectivity index (χ2n) is 3.11. The molecule has 2 rings (SSSR count). The smallest absolute Gasteiger partial charge is 0.410 e. The zero-order chi connectivity index (χ0) is 12.1. The Morgan fingerprint density at radius 2 is 2.06 bits per heavy atom. The van der Waals surface area contributed by atoms with Crippen LogP contribution in [0.25, 0.3) is 0 Å². The minimum Gasteiger partial charge on any atom is -0.410 e. The molecule has 0 atom stereocenters. The lowest BCUT2D eigenvalue weighted by Gasteiger charge is -2.05. The number of H-pyrrole nitrogens is 1. The van der Waals surface area contributed by atoms with Crippen molar-refractivity contribution in [3.8, 4) is 5.75 Å². The summed E-state index contributed by atoms with van der Waals surface area (Å²) in [6.07, 6.45) is 0.872. The van der Waals surface area contributed by atoms with Gasteiger partial charge in [-0.2, -0.15) is 0 Å². The summed E-state index contributed by atoms with van der Waals surface area (Å²) in [7, 11) is 0. The van der Waals surface area contributed by atoms with Crippen LogP contribution in [-0.4, -0.2) is 16.1 Å². The van der Waals surface area contributed by atoms with Crippen molar-refractivity contribution in [2.45, 2.75) is 0 Å². The molecule has 5 nitrogen and oxygen atoms in total. The van der Waals surface area contributed by atoms with Crippen LogP contribution in [0.4, 0.5) is 10.7 Å². The number of ether oxygens (including phenoxy) is 1. The minimum absolute atomic E-state index is 0.249. The van der Waals surface area contributed by atoms with E-state index in [0.717, 1.165) is 0 Å². The molecule has 0 fully saturated rings. The highest BCUT2D eigenvalue weighted by atomic mass is 32.1. The maximum atomic E-state index is 11.5. The van der Waals surface area contributed by atoms with Gasteiger partial charge < -0.3 is 9.72 Å². The number of nitrogens with one attached hydrogen (secondary N) is 2. The van der Waals surface area contributed by atoms with Crippen molar-refractivity contribution in [3.05, 3.63) is 47.2 Å². The number of para-hydroxylation sites is 1. The number of carbonyl (C=O) groups is 1. The molecule has 0 spiro atoms. The third-order valence-electron chi connectivity index (χ3n) is 1.85. The van der Waals surface area contributed by atoms with E-state index in [4.69, 9.17) is 17.0 Å². The van der Waals surface area contributed by atoms with E-state index in [1.165, 1.54) is 6.20 Å². The highest BCUT2D eigenvalue weighted by Crippen LogP contribution is 2.09. The van der Waals surface area contributed by atoms with Gasteiger partial charge in [-0.1, -0.05) is 30.4 Å². The molecule has 2 N–H and O–H groups in total. The van der Waals surface area contributed by atoms with E-state index in [2.05, 4.69) is 15.3 Å². The number of aromatic amines is 1. The first-order chi connectivity index (χ1) is 8.24. The van der Waals surface area contributed by atoms with Gasteiger partial charge in [-0.05, 0) is 18.2 Å². The van der Waals surface area contributed by atoms with E-state index in [0.29, 0.717) is 10.4 Å². The minimum atomic E-state index is -0.624. The summed E-state index contributed by atoms with van der Waals surface area (Å²) >= 11 is 4.89. The fraction of sp³-hybridized carbons (Fsp3) is 0. The summed E-state index contributed by atoms with van der Waals surface area (Å²) in [5.41, 5.74) is 0. The van der Waals surface area contributed by atoms with E-state index in [1.54, 1.807) is 30.3 Å². The Labute approximate surface area is 102 Å². The summed E-state index contributed by atoms with van der Waals surface area (Å²) in [4.78, 5) is 18.1. The average molecular weight is 247 g/mol. The van der Waals surface area contributed by atoms with Crippen LogP contribution in [0.5, 0.6) is 5.75 Å². The van der Waals surface area contributed by atoms with Crippen LogP contribution in [0.2, 0.25) is 0 Å². The molecular weight excluding hydrogens is 238 g/mol. The fourth-order valence-corrected chi connectivity index (χ4v) is 1.31. The molecule has 0 saturated heterocycles. The van der Waals surface area contributed by atoms with Crippen molar-refractivity contribution in [2.24, 2.45) is 0 Å². The maximum absolute atomic E-state index is 11.5. The SMILES string of the molecule is O=C(Nc1nccc(=S)[nH]1)Oc1ccccc1. The Hall–Kier alpha value is -2.21. The van der Waals surface area contributed by atoms with Gasteiger partial charge in [0.2, 0.25) is 5.95 Å². The predicted molar refractivity (Wildman–Crippen MR) is 65.5 cm³/mol. The number of rotatable bonds is 2. The number of anilines is 1. The van der Waals surface area contributed by atoms with Gasteiger partial charge in [0.25, 0.3) is 0 Å². The topological polar surface area (TPSA) is 67.0 Å². The zero-order valence-electron chi connectivity index (χ0n) is 8.71. The predicted octanol–water partition coefficient (Wildman–Crippen LogP) is 2.75. The second-order valence-corrected chi connectivity index (χ2v) is 3.55. The van der Waals surface area contributed by atoms with Crippen LogP contribution in [-0.2, 0) is 0 Å². The normalized spacial score (nSPS) is 9.65. The molecule has 1 aromatic carbocycles. The van der Waals surface area contributed by atoms with Crippen molar-refractivity contribution >= 4 is 24.3 Å². The van der Waals surface area contributed by atoms with Crippen LogP contribution in [0.3, 0.4) is 0 Å². The van der Waals surface area contributed by atoms with Crippen molar-refractivity contribution in [2.75, 3.05) is 5.32 Å². The zero-order valence-corrected chi connectivity index (χ0v) is 9.53. The molecule has 2 aromatic rings. The molecule has 86 valence electrons. The van der Waals surface area contributed by atoms with Gasteiger partial charge in [0.15, 0.2) is 0 Å². The van der Waals surface area contributed by atoms with Gasteiger partial charge in [-0.25, -0.2) is 9.78 Å². The first-order valence-electron chi connectivity index (χ1n) is 4.83. The van der Waals surface area contributed by atoms with Crippen LogP contribution in [0.15, 0.2) is 42.6 Å². The highest BCUT2D eigenvalue weighted by Gasteiger charge is 2.05. The van der Waals surface area contributed by atoms with Gasteiger partial charge in [0.05, 0.1) is 0 Å². The molecule has 17 heavy (non-hydrogen) atoms. The lowest BCUT2D eigenvalue weighted by molar-refractivity contribution is 0.215. The summed E-state index contributed by atoms with van der Waals surface area (Å²) in [6, 6.07) is 10.4. The largest absolute Gasteiger partial charge is 0.419 e. The molecule has 0 aliphatic heterocycles. The Bertz CT molecular complexity index is 568. The van der Waals surface area contributed by atoms with Gasteiger partial charge >= 0.3 is 6.09 Å². The van der Waals surface area contributed by atoms with Gasteiger partial charge in [-0.3, -0.25) is 5.32 Å². The quantitative estimate of drug-likeness (QED) is 0.801. The monoisotopic (exact) mass is 247 g/mol. The highest BCUT2D eigenvalue weighted by molar-refractivity contribution is 7.71. The van der Waals surface area contributed by atoms with Crippen LogP contribution in [0.1, 0.15) is 0 Å². The summed E-state index contributed by atoms with van der Waals surface area (Å²) in [5, 5.41) is 2.44. The fourth-order valence-electron chi connectivity index (χ4n) is 1.15. The summed E-state index contributed by atoms with van der Waals surface area (Å²) < 4.78 is 5.50. The number of nitrogens with zero attached hydrogens (tertiary/aromatic N) is 1. The van der Waals surface area contributed by atoms with Gasteiger partial charge in [0, 0.05) is 6.20 Å². The third kappa shape index (κ3) is 3.39. The Balaban J connectivity index is 2.01. The Kier molecular flexibility index (Phi) is 3.46. The van der Waals surface area contributed by atoms with E-state index in [1.807, 2.05) is 6.07 Å². The molecule has 0 aliphatic carbocycles. The molecule has 0 radical (unpaired) electrons. The molecule has 0 aliphatic rings. The number of hydrogen-bond acceptors (Lipinski definition) is 4. The molecule has 0 bridgehead atoms. The molecule has 1 heterocycles. The molecular formula is C11H9N3O2S. The lowest BCUT2D eigenvalue weighted by atomic mass is 10.3. The first kappa shape index (κ1) is 11.3. The van der Waals surface area contributed by atoms with E-state index in [9.17, 15) is 4.79 Å². The maximum Gasteiger partial charge on any atom is 0.419 e. The Morgan fingerprint density at radius 1 is 1.29 bits per heavy atom. The summed E-state index contributed by atoms with van der Waals surface area (Å²) in [6.45, 7) is 0. The number of amides is 1. The number of carbonyl (C=O) groups excluding carboxylic acids is 1. The third-order valence-corrected chi connectivity index (χ3v) is 2.08. The van der Waals surface area contributed by atoms with E-state index in [-0.39, 0.29) is 5.95 Å². The van der Waals surface area contributed by atoms with Crippen LogP contribution < -0.4 is 10.1 Å². The molecule has 0 unspecified atom stereocenters. The lowest BCUT2D eigenvalue weighted by Crippen LogP contribution is -2.18. The van der Waals surface area contributed by atoms with Gasteiger partial charge in [0.1, 0.15) is 10.4 Å². The van der Waals surface area contributed by atoms with Crippen molar-refractivity contribution < 1.29 is 9.53 Å². The number of hydrogen-bond donors (Lipinski definition) is 2. The molecule has 0 saturated carbocycles. The van der Waals surface area contributed by atoms with Crippen molar-refractivity contribution in [1.29, 1.82) is 0 Å². The van der Waals surface area contributed by atoms with Crippen molar-refractivity contribution in [1.82, 2.24) is 9.97 Å². The second kappa shape index (κ2) is 5.22. The Morgan fingerprint density at radius 3 is 2.76 bits per heavy atom. The molecule has 1 amide bonds. The average Bonchev–Trinajstić information content (AvgIpc) is 2.30. The van der Waals surface area contributed by atoms with E-state index >= 15 is 0 Å². The summed E-state index contributed by atoms with van der Waals surface area (Å²) in [5.74, 6) is 0.706. The van der Waals surface area contributed by atoms with E-state index < -0.39 is 6.09 Å². The van der Waals surface area contributed by atoms with Crippen LogP contribution >= 0.6 is 12.2 Å². The van der Waals surface area contributed by atoms with Crippen LogP contribution in [0, 0.1) is 4.64 Å². The van der Waals surface area contributed by atoms with Crippen molar-refractivity contribution in [3.63, 3.8) is 0 Å². The first-order valence-corrected chi connectivity index (χ1v) is 5.24. The van der Waals surface area contributed by atoms with Gasteiger partial charge in [-0.15, -0.1) is 0 Å². The number of benzene rings is 1. The molecule has 6 heteroatoms. The number of aromatic nitrogens is 2.